The number of nitrogens with two attached hydrogens (primary N) is 1. The topological polar surface area (TPSA) is 68.0 Å². The molecule has 1 aliphatic rings. The molecule has 0 aromatic carbocycles. The highest BCUT2D eigenvalue weighted by Crippen LogP contribution is 2.24. The van der Waals surface area contributed by atoms with Gasteiger partial charge in [0.1, 0.15) is 0 Å². The molecule has 2 atom stereocenters. The summed E-state index contributed by atoms with van der Waals surface area (Å²) >= 11 is 0. The fraction of sp³-hybridized carbons (Fsp3) is 0.538. The lowest BCUT2D eigenvalue weighted by Crippen LogP contribution is -2.34. The largest absolute Gasteiger partial charge is 0.328 e. The van der Waals surface area contributed by atoms with Gasteiger partial charge in [-0.25, -0.2) is 0 Å². The van der Waals surface area contributed by atoms with Crippen LogP contribution < -0.4 is 11.1 Å². The molecule has 17 heavy (non-hydrogen) atoms. The first-order chi connectivity index (χ1) is 8.16. The van der Waals surface area contributed by atoms with Gasteiger partial charge in [0.2, 0.25) is 5.91 Å². The molecule has 0 aliphatic heterocycles. The molecule has 0 saturated heterocycles. The SMILES string of the molecule is Cc1ncccc1NC(=O)C1CCCC(N)C1. The maximum atomic E-state index is 12.1. The normalized spacial score (nSPS) is 24.4. The number of carbonyl (C=O) groups excluding carboxylic acids is 1. The van der Waals surface area contributed by atoms with Crippen LogP contribution >= 0.6 is 0 Å². The van der Waals surface area contributed by atoms with Crippen LogP contribution in [-0.4, -0.2) is 16.9 Å². The van der Waals surface area contributed by atoms with E-state index in [4.69, 9.17) is 5.73 Å². The maximum absolute atomic E-state index is 12.1. The van der Waals surface area contributed by atoms with Crippen molar-refractivity contribution >= 4 is 11.6 Å². The Kier molecular flexibility index (Phi) is 3.74. The highest BCUT2D eigenvalue weighted by atomic mass is 16.1. The lowest BCUT2D eigenvalue weighted by atomic mass is 9.85. The summed E-state index contributed by atoms with van der Waals surface area (Å²) in [5, 5.41) is 2.94. The van der Waals surface area contributed by atoms with Crippen molar-refractivity contribution in [1.29, 1.82) is 0 Å². The average molecular weight is 233 g/mol. The number of pyridine rings is 1. The van der Waals surface area contributed by atoms with Crippen molar-refractivity contribution in [1.82, 2.24) is 4.98 Å². The summed E-state index contributed by atoms with van der Waals surface area (Å²) in [6.45, 7) is 1.89. The number of aryl methyl sites for hydroxylation is 1. The van der Waals surface area contributed by atoms with Gasteiger partial charge in [0, 0.05) is 18.2 Å². The van der Waals surface area contributed by atoms with Gasteiger partial charge in [-0.3, -0.25) is 9.78 Å². The fourth-order valence-electron chi connectivity index (χ4n) is 2.32. The molecule has 92 valence electrons. The molecule has 1 saturated carbocycles. The zero-order chi connectivity index (χ0) is 12.3. The number of anilines is 1. The number of aromatic nitrogens is 1. The molecule has 0 bridgehead atoms. The van der Waals surface area contributed by atoms with E-state index in [2.05, 4.69) is 10.3 Å². The second-order valence-electron chi connectivity index (χ2n) is 4.75. The van der Waals surface area contributed by atoms with Gasteiger partial charge in [0.05, 0.1) is 11.4 Å². The van der Waals surface area contributed by atoms with Gasteiger partial charge in [-0.2, -0.15) is 0 Å². The predicted molar refractivity (Wildman–Crippen MR) is 67.5 cm³/mol. The lowest BCUT2D eigenvalue weighted by molar-refractivity contribution is -0.120. The van der Waals surface area contributed by atoms with Crippen LogP contribution in [0.25, 0.3) is 0 Å². The second-order valence-corrected chi connectivity index (χ2v) is 4.75. The summed E-state index contributed by atoms with van der Waals surface area (Å²) in [4.78, 5) is 16.2. The third-order valence-corrected chi connectivity index (χ3v) is 3.35. The highest BCUT2D eigenvalue weighted by molar-refractivity contribution is 5.93. The van der Waals surface area contributed by atoms with Gasteiger partial charge < -0.3 is 11.1 Å². The molecule has 3 N–H and O–H groups in total. The number of nitrogens with one attached hydrogen (secondary N) is 1. The fourth-order valence-corrected chi connectivity index (χ4v) is 2.32. The molecule has 4 heteroatoms. The summed E-state index contributed by atoms with van der Waals surface area (Å²) in [5.74, 6) is 0.134. The molecule has 0 radical (unpaired) electrons. The smallest absolute Gasteiger partial charge is 0.227 e. The van der Waals surface area contributed by atoms with Crippen LogP contribution in [0.2, 0.25) is 0 Å². The Labute approximate surface area is 102 Å². The summed E-state index contributed by atoms with van der Waals surface area (Å²) < 4.78 is 0. The Morgan fingerprint density at radius 2 is 2.35 bits per heavy atom. The standard InChI is InChI=1S/C13H19N3O/c1-9-12(6-3-7-15-9)16-13(17)10-4-2-5-11(14)8-10/h3,6-7,10-11H,2,4-5,8,14H2,1H3,(H,16,17). The minimum Gasteiger partial charge on any atom is -0.328 e. The van der Waals surface area contributed by atoms with E-state index in [1.807, 2.05) is 19.1 Å². The minimum absolute atomic E-state index is 0.0540. The first-order valence-electron chi connectivity index (χ1n) is 6.15. The van der Waals surface area contributed by atoms with Crippen LogP contribution in [0.1, 0.15) is 31.4 Å². The third kappa shape index (κ3) is 3.03. The molecule has 1 aromatic heterocycles. The molecule has 1 aromatic rings. The molecule has 2 unspecified atom stereocenters. The Morgan fingerprint density at radius 1 is 1.53 bits per heavy atom. The molecular formula is C13H19N3O. The second kappa shape index (κ2) is 5.27. The first kappa shape index (κ1) is 12.0. The molecule has 1 heterocycles. The van der Waals surface area contributed by atoms with Crippen LogP contribution in [0.15, 0.2) is 18.3 Å². The molecular weight excluding hydrogens is 214 g/mol. The molecule has 1 amide bonds. The van der Waals surface area contributed by atoms with Crippen molar-refractivity contribution < 1.29 is 4.79 Å². The van der Waals surface area contributed by atoms with Gasteiger partial charge in [0.25, 0.3) is 0 Å². The quantitative estimate of drug-likeness (QED) is 0.819. The van der Waals surface area contributed by atoms with Gasteiger partial charge in [-0.1, -0.05) is 6.42 Å². The minimum atomic E-state index is 0.0540. The number of hydrogen-bond acceptors (Lipinski definition) is 3. The summed E-state index contributed by atoms with van der Waals surface area (Å²) in [6.07, 6.45) is 5.55. The predicted octanol–water partition coefficient (Wildman–Crippen LogP) is 1.85. The van der Waals surface area contributed by atoms with Crippen LogP contribution in [0, 0.1) is 12.8 Å². The van der Waals surface area contributed by atoms with Crippen molar-refractivity contribution in [2.75, 3.05) is 5.32 Å². The van der Waals surface area contributed by atoms with Gasteiger partial charge >= 0.3 is 0 Å². The summed E-state index contributed by atoms with van der Waals surface area (Å²) in [6, 6.07) is 3.88. The van der Waals surface area contributed by atoms with E-state index >= 15 is 0 Å². The van der Waals surface area contributed by atoms with Crippen molar-refractivity contribution in [3.8, 4) is 0 Å². The van der Waals surface area contributed by atoms with Crippen LogP contribution in [0.3, 0.4) is 0 Å². The zero-order valence-electron chi connectivity index (χ0n) is 10.1. The molecule has 2 rings (SSSR count). The Hall–Kier alpha value is -1.42. The van der Waals surface area contributed by atoms with E-state index in [0.717, 1.165) is 37.1 Å². The van der Waals surface area contributed by atoms with E-state index in [-0.39, 0.29) is 17.9 Å². The Morgan fingerprint density at radius 3 is 3.06 bits per heavy atom. The number of nitrogens with zero attached hydrogens (tertiary/aromatic N) is 1. The molecule has 1 aliphatic carbocycles. The first-order valence-corrected chi connectivity index (χ1v) is 6.15. The van der Waals surface area contributed by atoms with Gasteiger partial charge in [0.15, 0.2) is 0 Å². The van der Waals surface area contributed by atoms with E-state index in [9.17, 15) is 4.79 Å². The van der Waals surface area contributed by atoms with Crippen molar-refractivity contribution in [2.45, 2.75) is 38.6 Å². The summed E-state index contributed by atoms with van der Waals surface area (Å²) in [5.41, 5.74) is 7.54. The Bertz CT molecular complexity index is 405. The van der Waals surface area contributed by atoms with Crippen LogP contribution in [0.4, 0.5) is 5.69 Å². The molecule has 0 spiro atoms. The van der Waals surface area contributed by atoms with E-state index in [0.29, 0.717) is 0 Å². The van der Waals surface area contributed by atoms with Crippen molar-refractivity contribution in [3.63, 3.8) is 0 Å². The highest BCUT2D eigenvalue weighted by Gasteiger charge is 2.25. The number of carbonyl (C=O) groups is 1. The van der Waals surface area contributed by atoms with Gasteiger partial charge in [-0.05, 0) is 38.3 Å². The lowest BCUT2D eigenvalue weighted by Gasteiger charge is -2.25. The maximum Gasteiger partial charge on any atom is 0.227 e. The molecule has 1 fully saturated rings. The van der Waals surface area contributed by atoms with E-state index in [1.165, 1.54) is 0 Å². The van der Waals surface area contributed by atoms with E-state index in [1.54, 1.807) is 6.20 Å². The van der Waals surface area contributed by atoms with Crippen molar-refractivity contribution in [2.24, 2.45) is 11.7 Å². The summed E-state index contributed by atoms with van der Waals surface area (Å²) in [7, 11) is 0. The van der Waals surface area contributed by atoms with Crippen LogP contribution in [0.5, 0.6) is 0 Å². The zero-order valence-corrected chi connectivity index (χ0v) is 10.1. The van der Waals surface area contributed by atoms with E-state index < -0.39 is 0 Å². The number of rotatable bonds is 2. The number of amides is 1. The average Bonchev–Trinajstić information content (AvgIpc) is 2.32. The van der Waals surface area contributed by atoms with Gasteiger partial charge in [-0.15, -0.1) is 0 Å². The Balaban J connectivity index is 1.99. The molecule has 4 nitrogen and oxygen atoms in total. The van der Waals surface area contributed by atoms with Crippen molar-refractivity contribution in [3.05, 3.63) is 24.0 Å². The van der Waals surface area contributed by atoms with Crippen LogP contribution in [-0.2, 0) is 4.79 Å². The number of hydrogen-bond donors (Lipinski definition) is 2. The monoisotopic (exact) mass is 233 g/mol. The third-order valence-electron chi connectivity index (χ3n) is 3.35.